The Kier molecular flexibility index (Phi) is 5.34. The molecule has 0 bridgehead atoms. The second kappa shape index (κ2) is 7.90. The van der Waals surface area contributed by atoms with E-state index in [2.05, 4.69) is 15.0 Å². The highest BCUT2D eigenvalue weighted by Crippen LogP contribution is 2.23. The molecule has 0 spiro atoms. The zero-order chi connectivity index (χ0) is 19.6. The summed E-state index contributed by atoms with van der Waals surface area (Å²) in [4.78, 5) is 20.9. The lowest BCUT2D eigenvalue weighted by atomic mass is 9.97. The summed E-state index contributed by atoms with van der Waals surface area (Å²) in [5, 5.41) is 4.28. The third-order valence-corrected chi connectivity index (χ3v) is 7.18. The molecule has 8 nitrogen and oxygen atoms in total. The van der Waals surface area contributed by atoms with Crippen molar-refractivity contribution < 1.29 is 13.2 Å². The number of pyridine rings is 1. The minimum Gasteiger partial charge on any atom is -0.357 e. The van der Waals surface area contributed by atoms with Gasteiger partial charge in [0, 0.05) is 51.3 Å². The summed E-state index contributed by atoms with van der Waals surface area (Å²) in [7, 11) is -3.00. The Labute approximate surface area is 165 Å². The molecule has 2 aliphatic heterocycles. The quantitative estimate of drug-likeness (QED) is 0.759. The van der Waals surface area contributed by atoms with E-state index in [-0.39, 0.29) is 30.5 Å². The number of amides is 1. The van der Waals surface area contributed by atoms with Gasteiger partial charge in [0.2, 0.25) is 0 Å². The molecule has 0 N–H and O–H groups in total. The van der Waals surface area contributed by atoms with Crippen LogP contribution in [-0.2, 0) is 16.4 Å². The summed E-state index contributed by atoms with van der Waals surface area (Å²) in [5.41, 5.74) is 0.511. The van der Waals surface area contributed by atoms with Crippen LogP contribution >= 0.6 is 0 Å². The first kappa shape index (κ1) is 18.9. The molecule has 28 heavy (non-hydrogen) atoms. The first-order valence-electron chi connectivity index (χ1n) is 9.68. The van der Waals surface area contributed by atoms with Crippen molar-refractivity contribution in [1.29, 1.82) is 0 Å². The smallest absolute Gasteiger partial charge is 0.255 e. The molecule has 2 aromatic rings. The molecule has 0 unspecified atom stereocenters. The van der Waals surface area contributed by atoms with E-state index in [0.29, 0.717) is 11.5 Å². The van der Waals surface area contributed by atoms with Crippen molar-refractivity contribution in [2.24, 2.45) is 5.92 Å². The number of rotatable bonds is 4. The van der Waals surface area contributed by atoms with E-state index in [1.54, 1.807) is 17.2 Å². The van der Waals surface area contributed by atoms with E-state index in [9.17, 15) is 13.2 Å². The molecule has 0 aromatic carbocycles. The van der Waals surface area contributed by atoms with Gasteiger partial charge in [-0.05, 0) is 37.0 Å². The molecule has 0 atom stereocenters. The fourth-order valence-electron chi connectivity index (χ4n) is 3.82. The van der Waals surface area contributed by atoms with Gasteiger partial charge in [-0.25, -0.2) is 13.4 Å². The van der Waals surface area contributed by atoms with Crippen LogP contribution in [0.2, 0.25) is 0 Å². The third kappa shape index (κ3) is 4.35. The maximum atomic E-state index is 12.6. The number of carbonyl (C=O) groups excluding carboxylic acids is 1. The number of hydrogen-bond donors (Lipinski definition) is 0. The lowest BCUT2D eigenvalue weighted by molar-refractivity contribution is 0.0770. The fourth-order valence-corrected chi connectivity index (χ4v) is 5.02. The van der Waals surface area contributed by atoms with Crippen molar-refractivity contribution in [3.05, 3.63) is 42.4 Å². The maximum Gasteiger partial charge on any atom is 0.255 e. The molecule has 4 heterocycles. The maximum absolute atomic E-state index is 12.6. The lowest BCUT2D eigenvalue weighted by Gasteiger charge is -2.33. The Morgan fingerprint density at radius 2 is 1.86 bits per heavy atom. The monoisotopic (exact) mass is 403 g/mol. The van der Waals surface area contributed by atoms with Crippen molar-refractivity contribution in [1.82, 2.24) is 19.7 Å². The van der Waals surface area contributed by atoms with E-state index < -0.39 is 9.84 Å². The average Bonchev–Trinajstić information content (AvgIpc) is 3.21. The number of hydrogen-bond acceptors (Lipinski definition) is 6. The second-order valence-corrected chi connectivity index (χ2v) is 9.81. The van der Waals surface area contributed by atoms with E-state index in [4.69, 9.17) is 0 Å². The summed E-state index contributed by atoms with van der Waals surface area (Å²) in [6.45, 7) is 3.35. The molecule has 1 amide bonds. The zero-order valence-corrected chi connectivity index (χ0v) is 16.6. The van der Waals surface area contributed by atoms with Crippen LogP contribution in [0, 0.1) is 5.92 Å². The van der Waals surface area contributed by atoms with Gasteiger partial charge in [0.25, 0.3) is 5.91 Å². The highest BCUT2D eigenvalue weighted by Gasteiger charge is 2.26. The highest BCUT2D eigenvalue weighted by atomic mass is 32.2. The average molecular weight is 404 g/mol. The normalized spacial score (nSPS) is 20.3. The van der Waals surface area contributed by atoms with E-state index >= 15 is 0 Å². The van der Waals surface area contributed by atoms with Crippen LogP contribution in [0.5, 0.6) is 0 Å². The number of piperidine rings is 1. The molecule has 150 valence electrons. The Hall–Kier alpha value is -2.42. The van der Waals surface area contributed by atoms with E-state index in [1.807, 2.05) is 29.2 Å². The van der Waals surface area contributed by atoms with Crippen LogP contribution in [0.25, 0.3) is 0 Å². The van der Waals surface area contributed by atoms with Gasteiger partial charge >= 0.3 is 0 Å². The van der Waals surface area contributed by atoms with Crippen molar-refractivity contribution >= 4 is 21.6 Å². The van der Waals surface area contributed by atoms with Crippen molar-refractivity contribution in [2.45, 2.75) is 19.4 Å². The summed E-state index contributed by atoms with van der Waals surface area (Å²) in [5.74, 6) is 1.43. The molecule has 0 radical (unpaired) electrons. The largest absolute Gasteiger partial charge is 0.357 e. The first-order chi connectivity index (χ1) is 13.5. The van der Waals surface area contributed by atoms with Crippen molar-refractivity contribution in [2.75, 3.05) is 42.6 Å². The Morgan fingerprint density at radius 1 is 1.11 bits per heavy atom. The highest BCUT2D eigenvalue weighted by molar-refractivity contribution is 7.91. The molecule has 2 fully saturated rings. The van der Waals surface area contributed by atoms with Crippen molar-refractivity contribution in [3.8, 4) is 0 Å². The molecular formula is C19H25N5O3S. The minimum atomic E-state index is -3.00. The summed E-state index contributed by atoms with van der Waals surface area (Å²) in [6, 6.07) is 5.63. The molecule has 2 aliphatic rings. The van der Waals surface area contributed by atoms with Crippen LogP contribution in [0.15, 0.2) is 36.8 Å². The van der Waals surface area contributed by atoms with Gasteiger partial charge in [-0.2, -0.15) is 5.10 Å². The summed E-state index contributed by atoms with van der Waals surface area (Å²) in [6.07, 6.45) is 7.59. The fraction of sp³-hybridized carbons (Fsp3) is 0.526. The third-order valence-electron chi connectivity index (χ3n) is 5.57. The van der Waals surface area contributed by atoms with Crippen LogP contribution in [0.3, 0.4) is 0 Å². The molecule has 2 aromatic heterocycles. The predicted molar refractivity (Wildman–Crippen MR) is 106 cm³/mol. The van der Waals surface area contributed by atoms with Gasteiger partial charge in [0.05, 0.1) is 17.1 Å². The van der Waals surface area contributed by atoms with Crippen molar-refractivity contribution in [3.63, 3.8) is 0 Å². The minimum absolute atomic E-state index is 0.0394. The van der Waals surface area contributed by atoms with Gasteiger partial charge in [0.1, 0.15) is 5.82 Å². The first-order valence-corrected chi connectivity index (χ1v) is 11.5. The topological polar surface area (TPSA) is 88.4 Å². The molecule has 9 heteroatoms. The van der Waals surface area contributed by atoms with E-state index in [1.165, 1.54) is 0 Å². The molecule has 2 saturated heterocycles. The Bertz CT molecular complexity index is 890. The van der Waals surface area contributed by atoms with Crippen LogP contribution in [0.1, 0.15) is 23.2 Å². The van der Waals surface area contributed by atoms with Gasteiger partial charge in [0.15, 0.2) is 9.84 Å². The molecular weight excluding hydrogens is 378 g/mol. The number of anilines is 1. The number of sulfone groups is 1. The summed E-state index contributed by atoms with van der Waals surface area (Å²) < 4.78 is 25.0. The lowest BCUT2D eigenvalue weighted by Crippen LogP contribution is -2.43. The Morgan fingerprint density at radius 3 is 2.46 bits per heavy atom. The Balaban J connectivity index is 1.32. The zero-order valence-electron chi connectivity index (χ0n) is 15.8. The van der Waals surface area contributed by atoms with Gasteiger partial charge in [-0.3, -0.25) is 9.48 Å². The predicted octanol–water partition coefficient (Wildman–Crippen LogP) is 1.07. The molecule has 0 saturated carbocycles. The standard InChI is InChI=1S/C19H25N5O3S/c25-19(23-10-12-28(26,27)13-11-23)17-2-3-18(20-14-17)22-8-4-16(5-9-22)15-24-7-1-6-21-24/h1-3,6-7,14,16H,4-5,8-13,15H2. The van der Waals surface area contributed by atoms with Crippen LogP contribution in [-0.4, -0.2) is 71.7 Å². The number of aromatic nitrogens is 3. The van der Waals surface area contributed by atoms with Crippen LogP contribution < -0.4 is 4.90 Å². The van der Waals surface area contributed by atoms with Gasteiger partial charge < -0.3 is 9.80 Å². The van der Waals surface area contributed by atoms with Crippen LogP contribution in [0.4, 0.5) is 5.82 Å². The summed E-state index contributed by atoms with van der Waals surface area (Å²) >= 11 is 0. The number of carbonyl (C=O) groups is 1. The molecule has 4 rings (SSSR count). The molecule has 0 aliphatic carbocycles. The van der Waals surface area contributed by atoms with E-state index in [0.717, 1.165) is 38.3 Å². The SMILES string of the molecule is O=C(c1ccc(N2CCC(Cn3cccn3)CC2)nc1)N1CCS(=O)(=O)CC1. The number of nitrogens with zero attached hydrogens (tertiary/aromatic N) is 5. The van der Waals surface area contributed by atoms with Gasteiger partial charge in [-0.1, -0.05) is 0 Å². The second-order valence-electron chi connectivity index (χ2n) is 7.51. The van der Waals surface area contributed by atoms with Gasteiger partial charge in [-0.15, -0.1) is 0 Å².